The molecule has 7 heteroatoms. The van der Waals surface area contributed by atoms with Crippen LogP contribution in [0.15, 0.2) is 66.7 Å². The number of rotatable bonds is 7. The summed E-state index contributed by atoms with van der Waals surface area (Å²) >= 11 is 0. The van der Waals surface area contributed by atoms with Gasteiger partial charge in [0.25, 0.3) is 11.8 Å². The molecule has 0 fully saturated rings. The Bertz CT molecular complexity index is 1190. The molecule has 0 spiro atoms. The van der Waals surface area contributed by atoms with Crippen LogP contribution in [0.1, 0.15) is 20.3 Å². The summed E-state index contributed by atoms with van der Waals surface area (Å²) in [5.74, 6) is -0.460. The van der Waals surface area contributed by atoms with E-state index in [-0.39, 0.29) is 31.4 Å². The summed E-state index contributed by atoms with van der Waals surface area (Å²) in [5.41, 5.74) is 1.40. The number of hydrogen-bond acceptors (Lipinski definition) is 5. The molecule has 0 radical (unpaired) electrons. The molecule has 3 aromatic carbocycles. The maximum Gasteiger partial charge on any atom is 0.308 e. The lowest BCUT2D eigenvalue weighted by Crippen LogP contribution is -2.45. The van der Waals surface area contributed by atoms with Crippen LogP contribution in [0.2, 0.25) is 0 Å². The maximum atomic E-state index is 12.9. The Labute approximate surface area is 192 Å². The van der Waals surface area contributed by atoms with Crippen molar-refractivity contribution < 1.29 is 23.9 Å². The Kier molecular flexibility index (Phi) is 6.58. The Balaban J connectivity index is 1.38. The molecule has 0 aliphatic carbocycles. The minimum atomic E-state index is -0.628. The molecular weight excluding hydrogens is 420 g/mol. The first-order valence-corrected chi connectivity index (χ1v) is 11.0. The van der Waals surface area contributed by atoms with Crippen molar-refractivity contribution in [3.63, 3.8) is 0 Å². The second-order valence-electron chi connectivity index (χ2n) is 7.76. The molecule has 1 heterocycles. The number of likely N-dealkylation sites (N-methyl/N-ethyl adjacent to an activating group) is 1. The Morgan fingerprint density at radius 2 is 1.76 bits per heavy atom. The van der Waals surface area contributed by atoms with E-state index in [9.17, 15) is 14.4 Å². The van der Waals surface area contributed by atoms with Gasteiger partial charge in [-0.15, -0.1) is 0 Å². The predicted octanol–water partition coefficient (Wildman–Crippen LogP) is 3.94. The van der Waals surface area contributed by atoms with Crippen LogP contribution in [0.5, 0.6) is 5.75 Å². The first-order chi connectivity index (χ1) is 16.0. The molecule has 1 aliphatic rings. The van der Waals surface area contributed by atoms with Gasteiger partial charge >= 0.3 is 5.97 Å². The van der Waals surface area contributed by atoms with Crippen molar-refractivity contribution in [2.45, 2.75) is 26.4 Å². The number of nitrogens with zero attached hydrogens (tertiary/aromatic N) is 2. The monoisotopic (exact) mass is 446 g/mol. The molecule has 0 N–H and O–H groups in total. The van der Waals surface area contributed by atoms with Gasteiger partial charge in [-0.2, -0.15) is 0 Å². The van der Waals surface area contributed by atoms with E-state index in [0.717, 1.165) is 16.5 Å². The fraction of sp³-hybridized carbons (Fsp3) is 0.269. The normalized spacial score (nSPS) is 15.0. The molecule has 0 saturated carbocycles. The van der Waals surface area contributed by atoms with Gasteiger partial charge in [0.15, 0.2) is 12.7 Å². The zero-order chi connectivity index (χ0) is 23.4. The van der Waals surface area contributed by atoms with Crippen LogP contribution in [0, 0.1) is 0 Å². The van der Waals surface area contributed by atoms with E-state index in [1.165, 1.54) is 4.90 Å². The third-order valence-corrected chi connectivity index (χ3v) is 5.64. The average Bonchev–Trinajstić information content (AvgIpc) is 2.83. The molecule has 0 bridgehead atoms. The van der Waals surface area contributed by atoms with Crippen LogP contribution in [0.4, 0.5) is 11.4 Å². The molecule has 7 nitrogen and oxygen atoms in total. The summed E-state index contributed by atoms with van der Waals surface area (Å²) in [6.45, 7) is 3.79. The van der Waals surface area contributed by atoms with Crippen LogP contribution < -0.4 is 14.5 Å². The summed E-state index contributed by atoms with van der Waals surface area (Å²) in [7, 11) is 0. The predicted molar refractivity (Wildman–Crippen MR) is 126 cm³/mol. The quantitative estimate of drug-likeness (QED) is 0.514. The van der Waals surface area contributed by atoms with Gasteiger partial charge in [-0.3, -0.25) is 14.4 Å². The summed E-state index contributed by atoms with van der Waals surface area (Å²) in [4.78, 5) is 40.9. The summed E-state index contributed by atoms with van der Waals surface area (Å²) < 4.78 is 10.9. The molecule has 33 heavy (non-hydrogen) atoms. The van der Waals surface area contributed by atoms with Gasteiger partial charge in [-0.25, -0.2) is 0 Å². The molecule has 1 atom stereocenters. The van der Waals surface area contributed by atoms with Gasteiger partial charge in [0.1, 0.15) is 5.75 Å². The molecule has 2 amide bonds. The second-order valence-corrected chi connectivity index (χ2v) is 7.76. The van der Waals surface area contributed by atoms with Crippen LogP contribution >= 0.6 is 0 Å². The van der Waals surface area contributed by atoms with Crippen LogP contribution in [0.25, 0.3) is 10.8 Å². The van der Waals surface area contributed by atoms with Crippen LogP contribution in [-0.4, -0.2) is 43.6 Å². The number of hydrogen-bond donors (Lipinski definition) is 0. The van der Waals surface area contributed by atoms with E-state index in [1.807, 2.05) is 61.5 Å². The highest BCUT2D eigenvalue weighted by molar-refractivity contribution is 6.04. The molecule has 170 valence electrons. The zero-order valence-corrected chi connectivity index (χ0v) is 18.7. The molecule has 4 rings (SSSR count). The number of carbonyl (C=O) groups is 3. The maximum absolute atomic E-state index is 12.9. The first kappa shape index (κ1) is 22.3. The van der Waals surface area contributed by atoms with E-state index in [2.05, 4.69) is 0 Å². The summed E-state index contributed by atoms with van der Waals surface area (Å²) in [6, 6.07) is 20.8. The molecular formula is C26H26N2O5. The number of benzene rings is 3. The first-order valence-electron chi connectivity index (χ1n) is 11.0. The van der Waals surface area contributed by atoms with Gasteiger partial charge in [0.05, 0.1) is 17.8 Å². The van der Waals surface area contributed by atoms with Crippen LogP contribution in [-0.2, 0) is 19.1 Å². The van der Waals surface area contributed by atoms with Gasteiger partial charge in [0.2, 0.25) is 0 Å². The molecule has 3 aromatic rings. The van der Waals surface area contributed by atoms with Crippen molar-refractivity contribution in [3.05, 3.63) is 66.7 Å². The number of ether oxygens (including phenoxy) is 2. The van der Waals surface area contributed by atoms with E-state index in [0.29, 0.717) is 18.0 Å². The number of fused-ring (bicyclic) bond motifs is 2. The molecule has 0 aromatic heterocycles. The lowest BCUT2D eigenvalue weighted by atomic mass is 10.1. The standard InChI is InChI=1S/C26H26N2O5/c1-3-27(21-13-8-10-19-9-4-5-11-20(19)21)24(29)17-32-25(30)15-16-28-22-12-6-7-14-23(22)33-18(2)26(28)31/h4-14,18H,3,15-17H2,1-2H3. The van der Waals surface area contributed by atoms with Crippen molar-refractivity contribution in [3.8, 4) is 5.75 Å². The smallest absolute Gasteiger partial charge is 0.308 e. The second kappa shape index (κ2) is 9.73. The number of anilines is 2. The number of amides is 2. The fourth-order valence-electron chi connectivity index (χ4n) is 4.01. The lowest BCUT2D eigenvalue weighted by molar-refractivity contribution is -0.147. The number of carbonyl (C=O) groups excluding carboxylic acids is 3. The average molecular weight is 447 g/mol. The fourth-order valence-corrected chi connectivity index (χ4v) is 4.01. The van der Waals surface area contributed by atoms with Crippen molar-refractivity contribution in [1.82, 2.24) is 0 Å². The number of para-hydroxylation sites is 2. The third kappa shape index (κ3) is 4.67. The van der Waals surface area contributed by atoms with E-state index in [1.54, 1.807) is 24.0 Å². The van der Waals surface area contributed by atoms with Crippen molar-refractivity contribution >= 4 is 39.9 Å². The Hall–Kier alpha value is -3.87. The van der Waals surface area contributed by atoms with Gasteiger partial charge in [-0.1, -0.05) is 48.5 Å². The molecule has 1 unspecified atom stereocenters. The van der Waals surface area contributed by atoms with Crippen molar-refractivity contribution in [2.24, 2.45) is 0 Å². The van der Waals surface area contributed by atoms with Crippen molar-refractivity contribution in [1.29, 1.82) is 0 Å². The number of esters is 1. The topological polar surface area (TPSA) is 76.2 Å². The Morgan fingerprint density at radius 1 is 1.03 bits per heavy atom. The molecule has 0 saturated heterocycles. The lowest BCUT2D eigenvalue weighted by Gasteiger charge is -2.32. The Morgan fingerprint density at radius 3 is 2.58 bits per heavy atom. The SMILES string of the molecule is CCN(C(=O)COC(=O)CCN1C(=O)C(C)Oc2ccccc21)c1cccc2ccccc12. The van der Waals surface area contributed by atoms with Gasteiger partial charge in [0, 0.05) is 18.5 Å². The zero-order valence-electron chi connectivity index (χ0n) is 18.7. The van der Waals surface area contributed by atoms with E-state index in [4.69, 9.17) is 9.47 Å². The highest BCUT2D eigenvalue weighted by Crippen LogP contribution is 2.33. The summed E-state index contributed by atoms with van der Waals surface area (Å²) in [6.07, 6.45) is -0.656. The largest absolute Gasteiger partial charge is 0.479 e. The van der Waals surface area contributed by atoms with Gasteiger partial charge < -0.3 is 19.3 Å². The van der Waals surface area contributed by atoms with Crippen LogP contribution in [0.3, 0.4) is 0 Å². The third-order valence-electron chi connectivity index (χ3n) is 5.64. The van der Waals surface area contributed by atoms with Crippen molar-refractivity contribution in [2.75, 3.05) is 29.5 Å². The summed E-state index contributed by atoms with van der Waals surface area (Å²) in [5, 5.41) is 1.99. The van der Waals surface area contributed by atoms with Gasteiger partial charge in [-0.05, 0) is 37.4 Å². The van der Waals surface area contributed by atoms with E-state index < -0.39 is 12.1 Å². The molecule has 1 aliphatic heterocycles. The highest BCUT2D eigenvalue weighted by Gasteiger charge is 2.31. The minimum Gasteiger partial charge on any atom is -0.479 e. The van der Waals surface area contributed by atoms with E-state index >= 15 is 0 Å². The minimum absolute atomic E-state index is 0.0273. The highest BCUT2D eigenvalue weighted by atomic mass is 16.5.